The average Bonchev–Trinajstić information content (AvgIpc) is 3.09. The lowest BCUT2D eigenvalue weighted by Gasteiger charge is -2.25. The molecule has 0 spiro atoms. The lowest BCUT2D eigenvalue weighted by Crippen LogP contribution is -2.39. The van der Waals surface area contributed by atoms with E-state index in [9.17, 15) is 4.79 Å². The highest BCUT2D eigenvalue weighted by molar-refractivity contribution is 5.89. The fourth-order valence-electron chi connectivity index (χ4n) is 2.91. The summed E-state index contributed by atoms with van der Waals surface area (Å²) in [4.78, 5) is 18.7. The van der Waals surface area contributed by atoms with Crippen molar-refractivity contribution >= 4 is 11.7 Å². The first-order valence-electron chi connectivity index (χ1n) is 8.06. The van der Waals surface area contributed by atoms with Crippen LogP contribution in [0, 0.1) is 0 Å². The van der Waals surface area contributed by atoms with Crippen LogP contribution >= 0.6 is 0 Å². The average molecular weight is 310 g/mol. The molecule has 0 saturated carbocycles. The van der Waals surface area contributed by atoms with Crippen LogP contribution in [0.5, 0.6) is 0 Å². The molecule has 0 bridgehead atoms. The fraction of sp³-hybridized carbons (Fsp3) is 0.333. The van der Waals surface area contributed by atoms with Gasteiger partial charge in [0.25, 0.3) is 0 Å². The minimum absolute atomic E-state index is 0.0222. The van der Waals surface area contributed by atoms with Crippen molar-refractivity contribution in [2.24, 2.45) is 0 Å². The summed E-state index contributed by atoms with van der Waals surface area (Å²) in [6.07, 6.45) is 5.80. The summed E-state index contributed by atoms with van der Waals surface area (Å²) in [6.45, 7) is 3.05. The third kappa shape index (κ3) is 4.53. The fourth-order valence-corrected chi connectivity index (χ4v) is 2.91. The topological polar surface area (TPSA) is 57.3 Å². The molecule has 5 nitrogen and oxygen atoms in total. The third-order valence-corrected chi connectivity index (χ3v) is 4.07. The van der Waals surface area contributed by atoms with E-state index in [2.05, 4.69) is 32.7 Å². The lowest BCUT2D eigenvalue weighted by molar-refractivity contribution is 0.240. The Labute approximate surface area is 136 Å². The molecule has 1 aromatic heterocycles. The molecule has 23 heavy (non-hydrogen) atoms. The van der Waals surface area contributed by atoms with E-state index in [1.54, 1.807) is 18.5 Å². The zero-order chi connectivity index (χ0) is 15.9. The third-order valence-electron chi connectivity index (χ3n) is 4.07. The van der Waals surface area contributed by atoms with Gasteiger partial charge < -0.3 is 15.5 Å². The molecule has 1 aliphatic heterocycles. The van der Waals surface area contributed by atoms with E-state index in [4.69, 9.17) is 0 Å². The highest BCUT2D eigenvalue weighted by Gasteiger charge is 2.20. The molecule has 0 aliphatic carbocycles. The van der Waals surface area contributed by atoms with Crippen molar-refractivity contribution < 1.29 is 4.79 Å². The number of benzene rings is 1. The summed E-state index contributed by atoms with van der Waals surface area (Å²) < 4.78 is 0. The zero-order valence-electron chi connectivity index (χ0n) is 13.1. The van der Waals surface area contributed by atoms with Crippen molar-refractivity contribution in [1.29, 1.82) is 0 Å². The first-order chi connectivity index (χ1) is 11.3. The highest BCUT2D eigenvalue weighted by atomic mass is 16.2. The Balaban J connectivity index is 1.66. The van der Waals surface area contributed by atoms with Crippen molar-refractivity contribution in [1.82, 2.24) is 15.2 Å². The maximum atomic E-state index is 12.3. The lowest BCUT2D eigenvalue weighted by atomic mass is 10.1. The molecule has 120 valence electrons. The molecule has 0 radical (unpaired) electrons. The van der Waals surface area contributed by atoms with E-state index in [1.165, 1.54) is 12.8 Å². The maximum absolute atomic E-state index is 12.3. The van der Waals surface area contributed by atoms with Gasteiger partial charge in [0.2, 0.25) is 0 Å². The quantitative estimate of drug-likeness (QED) is 0.892. The Morgan fingerprint density at radius 1 is 1.13 bits per heavy atom. The standard InChI is InChI=1S/C18H22N4O/c23-18(20-16-9-6-10-19-13-16)21-17(14-22-11-4-5-12-22)15-7-2-1-3-8-15/h1-3,6-10,13,17H,4-5,11-12,14H2,(H2,20,21,23). The van der Waals surface area contributed by atoms with E-state index >= 15 is 0 Å². The van der Waals surface area contributed by atoms with Gasteiger partial charge in [0.1, 0.15) is 0 Å². The van der Waals surface area contributed by atoms with Crippen molar-refractivity contribution in [2.75, 3.05) is 25.0 Å². The number of amides is 2. The van der Waals surface area contributed by atoms with E-state index in [0.29, 0.717) is 5.69 Å². The number of hydrogen-bond donors (Lipinski definition) is 2. The van der Waals surface area contributed by atoms with Gasteiger partial charge in [0.15, 0.2) is 0 Å². The number of carbonyl (C=O) groups excluding carboxylic acids is 1. The Morgan fingerprint density at radius 2 is 1.91 bits per heavy atom. The van der Waals surface area contributed by atoms with Gasteiger partial charge in [0.05, 0.1) is 17.9 Å². The van der Waals surface area contributed by atoms with E-state index in [0.717, 1.165) is 25.2 Å². The van der Waals surface area contributed by atoms with Gasteiger partial charge in [-0.3, -0.25) is 4.98 Å². The van der Waals surface area contributed by atoms with Crippen LogP contribution in [0.25, 0.3) is 0 Å². The van der Waals surface area contributed by atoms with Gasteiger partial charge in [-0.1, -0.05) is 30.3 Å². The molecule has 2 aromatic rings. The van der Waals surface area contributed by atoms with Crippen LogP contribution in [0.2, 0.25) is 0 Å². The van der Waals surface area contributed by atoms with Crippen LogP contribution in [0.3, 0.4) is 0 Å². The monoisotopic (exact) mass is 310 g/mol. The maximum Gasteiger partial charge on any atom is 0.319 e. The second kappa shape index (κ2) is 7.74. The predicted octanol–water partition coefficient (Wildman–Crippen LogP) is 3.04. The molecular formula is C18H22N4O. The molecule has 2 N–H and O–H groups in total. The van der Waals surface area contributed by atoms with Gasteiger partial charge in [-0.05, 0) is 43.6 Å². The molecule has 3 rings (SSSR count). The Hall–Kier alpha value is -2.40. The summed E-state index contributed by atoms with van der Waals surface area (Å²) in [5, 5.41) is 5.93. The summed E-state index contributed by atoms with van der Waals surface area (Å²) >= 11 is 0. The number of hydrogen-bond acceptors (Lipinski definition) is 3. The van der Waals surface area contributed by atoms with Gasteiger partial charge in [-0.25, -0.2) is 4.79 Å². The van der Waals surface area contributed by atoms with Crippen molar-refractivity contribution in [3.8, 4) is 0 Å². The summed E-state index contributed by atoms with van der Waals surface area (Å²) in [5.41, 5.74) is 1.82. The Kier molecular flexibility index (Phi) is 5.21. The van der Waals surface area contributed by atoms with Crippen LogP contribution in [0.4, 0.5) is 10.5 Å². The van der Waals surface area contributed by atoms with Gasteiger partial charge >= 0.3 is 6.03 Å². The summed E-state index contributed by atoms with van der Waals surface area (Å²) in [7, 11) is 0. The summed E-state index contributed by atoms with van der Waals surface area (Å²) in [5.74, 6) is 0. The number of rotatable bonds is 5. The first-order valence-corrected chi connectivity index (χ1v) is 8.06. The van der Waals surface area contributed by atoms with Crippen molar-refractivity contribution in [3.63, 3.8) is 0 Å². The molecule has 1 aliphatic rings. The number of carbonyl (C=O) groups is 1. The SMILES string of the molecule is O=C(Nc1cccnc1)NC(CN1CCCC1)c1ccccc1. The number of urea groups is 1. The molecular weight excluding hydrogens is 288 g/mol. The first kappa shape index (κ1) is 15.5. The molecule has 2 amide bonds. The van der Waals surface area contributed by atoms with Crippen LogP contribution in [-0.2, 0) is 0 Å². The second-order valence-corrected chi connectivity index (χ2v) is 5.81. The minimum Gasteiger partial charge on any atom is -0.330 e. The molecule has 1 atom stereocenters. The smallest absolute Gasteiger partial charge is 0.319 e. The largest absolute Gasteiger partial charge is 0.330 e. The number of aromatic nitrogens is 1. The van der Waals surface area contributed by atoms with E-state index < -0.39 is 0 Å². The number of pyridine rings is 1. The Bertz CT molecular complexity index is 611. The normalized spacial score (nSPS) is 16.0. The number of likely N-dealkylation sites (tertiary alicyclic amines) is 1. The Morgan fingerprint density at radius 3 is 2.61 bits per heavy atom. The highest BCUT2D eigenvalue weighted by Crippen LogP contribution is 2.18. The van der Waals surface area contributed by atoms with Gasteiger partial charge in [-0.2, -0.15) is 0 Å². The van der Waals surface area contributed by atoms with Crippen molar-refractivity contribution in [2.45, 2.75) is 18.9 Å². The van der Waals surface area contributed by atoms with Crippen LogP contribution in [0.15, 0.2) is 54.9 Å². The van der Waals surface area contributed by atoms with Crippen LogP contribution in [0.1, 0.15) is 24.4 Å². The minimum atomic E-state index is -0.203. The predicted molar refractivity (Wildman–Crippen MR) is 91.2 cm³/mol. The summed E-state index contributed by atoms with van der Waals surface area (Å²) in [6, 6.07) is 13.5. The molecule has 1 unspecified atom stereocenters. The molecule has 5 heteroatoms. The number of anilines is 1. The molecule has 2 heterocycles. The van der Waals surface area contributed by atoms with E-state index in [1.807, 2.05) is 24.3 Å². The molecule has 1 fully saturated rings. The van der Waals surface area contributed by atoms with Crippen molar-refractivity contribution in [3.05, 3.63) is 60.4 Å². The zero-order valence-corrected chi connectivity index (χ0v) is 13.1. The molecule has 1 saturated heterocycles. The number of nitrogens with zero attached hydrogens (tertiary/aromatic N) is 2. The number of nitrogens with one attached hydrogen (secondary N) is 2. The van der Waals surface area contributed by atoms with Crippen LogP contribution < -0.4 is 10.6 Å². The van der Waals surface area contributed by atoms with E-state index in [-0.39, 0.29) is 12.1 Å². The second-order valence-electron chi connectivity index (χ2n) is 5.81. The molecule has 1 aromatic carbocycles. The van der Waals surface area contributed by atoms with Gasteiger partial charge in [-0.15, -0.1) is 0 Å². The van der Waals surface area contributed by atoms with Gasteiger partial charge in [0, 0.05) is 12.7 Å². The van der Waals surface area contributed by atoms with Crippen LogP contribution in [-0.4, -0.2) is 35.5 Å².